The number of hydrogen-bond donors (Lipinski definition) is 2. The van der Waals surface area contributed by atoms with E-state index >= 15 is 0 Å². The number of nitrogens with two attached hydrogens (primary N) is 1. The molecular formula is C10H13ClN2O3S. The summed E-state index contributed by atoms with van der Waals surface area (Å²) >= 11 is 5.53. The number of rotatable bonds is 4. The molecule has 1 atom stereocenters. The first-order valence-electron chi connectivity index (χ1n) is 4.80. The second kappa shape index (κ2) is 5.37. The summed E-state index contributed by atoms with van der Waals surface area (Å²) in [6.45, 7) is 1.84. The molecule has 0 radical (unpaired) electrons. The van der Waals surface area contributed by atoms with Gasteiger partial charge in [-0.15, -0.1) is 11.6 Å². The summed E-state index contributed by atoms with van der Waals surface area (Å²) in [5, 5.41) is 0.884. The van der Waals surface area contributed by atoms with Crippen molar-refractivity contribution in [1.29, 1.82) is 0 Å². The molecule has 2 amide bonds. The average molecular weight is 277 g/mol. The Bertz CT molecular complexity index is 499. The van der Waals surface area contributed by atoms with E-state index in [1.807, 2.05) is 6.92 Å². The summed E-state index contributed by atoms with van der Waals surface area (Å²) in [5.41, 5.74) is 5.83. The van der Waals surface area contributed by atoms with Crippen LogP contribution in [0.1, 0.15) is 5.56 Å². The monoisotopic (exact) mass is 276 g/mol. The Morgan fingerprint density at radius 2 is 1.94 bits per heavy atom. The normalized spacial score (nSPS) is 13.1. The minimum absolute atomic E-state index is 0.0995. The molecule has 0 heterocycles. The van der Waals surface area contributed by atoms with Crippen molar-refractivity contribution in [3.05, 3.63) is 29.8 Å². The molecule has 17 heavy (non-hydrogen) atoms. The highest BCUT2D eigenvalue weighted by Gasteiger charge is 2.27. The summed E-state index contributed by atoms with van der Waals surface area (Å²) in [5.74, 6) is -0.265. The van der Waals surface area contributed by atoms with Gasteiger partial charge in [-0.05, 0) is 19.1 Å². The first-order valence-corrected chi connectivity index (χ1v) is 6.88. The summed E-state index contributed by atoms with van der Waals surface area (Å²) < 4.78 is 24.1. The maximum Gasteiger partial charge on any atom is 0.313 e. The van der Waals surface area contributed by atoms with Crippen LogP contribution in [0.4, 0.5) is 4.79 Å². The van der Waals surface area contributed by atoms with Crippen LogP contribution in [0.25, 0.3) is 0 Å². The van der Waals surface area contributed by atoms with Crippen LogP contribution in [0.5, 0.6) is 0 Å². The molecule has 0 bridgehead atoms. The molecule has 1 aromatic carbocycles. The fourth-order valence-corrected chi connectivity index (χ4v) is 3.11. The highest BCUT2D eigenvalue weighted by Crippen LogP contribution is 2.16. The van der Waals surface area contributed by atoms with Crippen LogP contribution in [-0.4, -0.2) is 25.7 Å². The SMILES string of the molecule is Cc1ccc(S(=O)(=O)C(CCl)NC(N)=O)cc1. The fraction of sp³-hybridized carbons (Fsp3) is 0.300. The van der Waals surface area contributed by atoms with Crippen molar-refractivity contribution in [2.75, 3.05) is 5.88 Å². The first-order chi connectivity index (χ1) is 7.87. The summed E-state index contributed by atoms with van der Waals surface area (Å²) in [4.78, 5) is 10.8. The maximum atomic E-state index is 12.1. The van der Waals surface area contributed by atoms with Crippen LogP contribution in [0.2, 0.25) is 0 Å². The number of hydrogen-bond acceptors (Lipinski definition) is 3. The van der Waals surface area contributed by atoms with Crippen molar-refractivity contribution in [1.82, 2.24) is 5.32 Å². The molecule has 94 valence electrons. The van der Waals surface area contributed by atoms with Gasteiger partial charge in [0.15, 0.2) is 15.2 Å². The number of urea groups is 1. The minimum atomic E-state index is -3.71. The number of alkyl halides is 1. The number of sulfone groups is 1. The zero-order valence-corrected chi connectivity index (χ0v) is 10.8. The number of aryl methyl sites for hydroxylation is 1. The van der Waals surface area contributed by atoms with E-state index < -0.39 is 21.2 Å². The number of carbonyl (C=O) groups excluding carboxylic acids is 1. The lowest BCUT2D eigenvalue weighted by Crippen LogP contribution is -2.44. The van der Waals surface area contributed by atoms with E-state index in [0.717, 1.165) is 5.56 Å². The fourth-order valence-electron chi connectivity index (χ4n) is 1.25. The van der Waals surface area contributed by atoms with Gasteiger partial charge in [-0.25, -0.2) is 13.2 Å². The Balaban J connectivity index is 3.08. The second-order valence-corrected chi connectivity index (χ2v) is 5.95. The first kappa shape index (κ1) is 13.8. The molecule has 0 fully saturated rings. The van der Waals surface area contributed by atoms with Crippen LogP contribution in [-0.2, 0) is 9.84 Å². The summed E-state index contributed by atoms with van der Waals surface area (Å²) in [7, 11) is -3.71. The Hall–Kier alpha value is -1.27. The van der Waals surface area contributed by atoms with Crippen LogP contribution in [0, 0.1) is 6.92 Å². The van der Waals surface area contributed by atoms with Crippen molar-refractivity contribution in [2.24, 2.45) is 5.73 Å². The number of amides is 2. The molecular weight excluding hydrogens is 264 g/mol. The van der Waals surface area contributed by atoms with Gasteiger partial charge in [-0.1, -0.05) is 17.7 Å². The molecule has 0 aliphatic rings. The van der Waals surface area contributed by atoms with Crippen molar-refractivity contribution in [3.63, 3.8) is 0 Å². The third-order valence-corrected chi connectivity index (χ3v) is 4.62. The second-order valence-electron chi connectivity index (χ2n) is 3.51. The lowest BCUT2D eigenvalue weighted by Gasteiger charge is -2.15. The van der Waals surface area contributed by atoms with Gasteiger partial charge in [-0.2, -0.15) is 0 Å². The van der Waals surface area contributed by atoms with Crippen LogP contribution >= 0.6 is 11.6 Å². The van der Waals surface area contributed by atoms with Crippen molar-refractivity contribution < 1.29 is 13.2 Å². The molecule has 0 spiro atoms. The van der Waals surface area contributed by atoms with Gasteiger partial charge in [0.2, 0.25) is 0 Å². The van der Waals surface area contributed by atoms with Crippen molar-refractivity contribution >= 4 is 27.5 Å². The van der Waals surface area contributed by atoms with Gasteiger partial charge in [0.25, 0.3) is 0 Å². The van der Waals surface area contributed by atoms with Gasteiger partial charge in [0.1, 0.15) is 0 Å². The Morgan fingerprint density at radius 3 is 2.35 bits per heavy atom. The lowest BCUT2D eigenvalue weighted by atomic mass is 10.2. The Morgan fingerprint density at radius 1 is 1.41 bits per heavy atom. The molecule has 1 unspecified atom stereocenters. The molecule has 0 saturated heterocycles. The lowest BCUT2D eigenvalue weighted by molar-refractivity contribution is 0.248. The van der Waals surface area contributed by atoms with E-state index in [-0.39, 0.29) is 10.8 Å². The molecule has 0 aromatic heterocycles. The zero-order chi connectivity index (χ0) is 13.1. The maximum absolute atomic E-state index is 12.1. The number of halogens is 1. The van der Waals surface area contributed by atoms with Crippen LogP contribution in [0.3, 0.4) is 0 Å². The van der Waals surface area contributed by atoms with E-state index in [0.29, 0.717) is 0 Å². The topological polar surface area (TPSA) is 89.3 Å². The summed E-state index contributed by atoms with van der Waals surface area (Å²) in [6.07, 6.45) is 0. The van der Waals surface area contributed by atoms with Crippen LogP contribution in [0.15, 0.2) is 29.2 Å². The van der Waals surface area contributed by atoms with Gasteiger partial charge in [0, 0.05) is 0 Å². The van der Waals surface area contributed by atoms with Gasteiger partial charge in [-0.3, -0.25) is 0 Å². The third-order valence-electron chi connectivity index (χ3n) is 2.17. The molecule has 7 heteroatoms. The molecule has 0 aliphatic heterocycles. The highest BCUT2D eigenvalue weighted by atomic mass is 35.5. The molecule has 5 nitrogen and oxygen atoms in total. The Kier molecular flexibility index (Phi) is 4.36. The predicted molar refractivity (Wildman–Crippen MR) is 65.6 cm³/mol. The van der Waals surface area contributed by atoms with Gasteiger partial charge < -0.3 is 11.1 Å². The van der Waals surface area contributed by atoms with E-state index in [9.17, 15) is 13.2 Å². The zero-order valence-electron chi connectivity index (χ0n) is 9.18. The smallest absolute Gasteiger partial charge is 0.313 e. The largest absolute Gasteiger partial charge is 0.352 e. The molecule has 1 rings (SSSR count). The summed E-state index contributed by atoms with van der Waals surface area (Å²) in [6, 6.07) is 5.34. The van der Waals surface area contributed by atoms with E-state index in [4.69, 9.17) is 17.3 Å². The number of benzene rings is 1. The quantitative estimate of drug-likeness (QED) is 0.804. The van der Waals surface area contributed by atoms with Crippen molar-refractivity contribution in [3.8, 4) is 0 Å². The van der Waals surface area contributed by atoms with E-state index in [1.54, 1.807) is 12.1 Å². The standard InChI is InChI=1S/C10H13ClN2O3S/c1-7-2-4-8(5-3-7)17(15,16)9(6-11)13-10(12)14/h2-5,9H,6H2,1H3,(H3,12,13,14). The number of carbonyl (C=O) groups is 1. The molecule has 0 saturated carbocycles. The predicted octanol–water partition coefficient (Wildman–Crippen LogP) is 1.00. The number of nitrogens with one attached hydrogen (secondary N) is 1. The third kappa shape index (κ3) is 3.34. The highest BCUT2D eigenvalue weighted by molar-refractivity contribution is 7.92. The van der Waals surface area contributed by atoms with E-state index in [2.05, 4.69) is 5.32 Å². The van der Waals surface area contributed by atoms with Crippen LogP contribution < -0.4 is 11.1 Å². The number of primary amides is 1. The molecule has 1 aromatic rings. The molecule has 3 N–H and O–H groups in total. The van der Waals surface area contributed by atoms with E-state index in [1.165, 1.54) is 12.1 Å². The van der Waals surface area contributed by atoms with Gasteiger partial charge in [0.05, 0.1) is 10.8 Å². The minimum Gasteiger partial charge on any atom is -0.352 e. The van der Waals surface area contributed by atoms with Gasteiger partial charge >= 0.3 is 6.03 Å². The molecule has 0 aliphatic carbocycles. The van der Waals surface area contributed by atoms with Crippen molar-refractivity contribution in [2.45, 2.75) is 17.2 Å². The Labute approximate surface area is 105 Å². The average Bonchev–Trinajstić information content (AvgIpc) is 2.26.